The Kier molecular flexibility index (Phi) is 5.77. The van der Waals surface area contributed by atoms with Crippen molar-refractivity contribution in [1.29, 1.82) is 0 Å². The normalized spacial score (nSPS) is 20.9. The number of nitrogens with two attached hydrogens (primary N) is 1. The Hall–Kier alpha value is -2.33. The van der Waals surface area contributed by atoms with Gasteiger partial charge in [0, 0.05) is 50.5 Å². The third-order valence-electron chi connectivity index (χ3n) is 5.01. The van der Waals surface area contributed by atoms with E-state index in [4.69, 9.17) is 9.88 Å². The first-order valence-corrected chi connectivity index (χ1v) is 11.2. The lowest BCUT2D eigenvalue weighted by molar-refractivity contribution is -0.117. The van der Waals surface area contributed by atoms with Crippen LogP contribution in [-0.2, 0) is 19.6 Å². The molecule has 1 aromatic rings. The smallest absolute Gasteiger partial charge is 0.410 e. The molecule has 10 heteroatoms. The third kappa shape index (κ3) is 5.18. The topological polar surface area (TPSA) is 113 Å². The number of ether oxygens (including phenoxy) is 1. The Labute approximate surface area is 171 Å². The summed E-state index contributed by atoms with van der Waals surface area (Å²) in [5, 5.41) is 4.32. The second-order valence-electron chi connectivity index (χ2n) is 8.39. The molecule has 0 spiro atoms. The maximum atomic E-state index is 12.2. The molecule has 1 unspecified atom stereocenters. The van der Waals surface area contributed by atoms with E-state index in [-0.39, 0.29) is 25.0 Å². The Morgan fingerprint density at radius 3 is 2.10 bits per heavy atom. The van der Waals surface area contributed by atoms with Gasteiger partial charge in [-0.3, -0.25) is 4.79 Å². The summed E-state index contributed by atoms with van der Waals surface area (Å²) in [6, 6.07) is 7.41. The number of primary sulfonamides is 1. The second-order valence-corrected chi connectivity index (χ2v) is 10.2. The first kappa shape index (κ1) is 21.4. The molecule has 0 radical (unpaired) electrons. The van der Waals surface area contributed by atoms with Crippen LogP contribution < -0.4 is 14.9 Å². The average molecular weight is 425 g/mol. The van der Waals surface area contributed by atoms with Crippen molar-refractivity contribution in [2.24, 2.45) is 5.14 Å². The molecule has 2 aliphatic rings. The average Bonchev–Trinajstić information content (AvgIpc) is 3.03. The molecule has 1 aromatic carbocycles. The molecule has 2 aliphatic heterocycles. The van der Waals surface area contributed by atoms with Gasteiger partial charge in [0.05, 0.1) is 0 Å². The number of rotatable bonds is 3. The van der Waals surface area contributed by atoms with Crippen LogP contribution in [-0.4, -0.2) is 68.9 Å². The van der Waals surface area contributed by atoms with E-state index in [0.717, 1.165) is 5.69 Å². The zero-order valence-corrected chi connectivity index (χ0v) is 17.8. The van der Waals surface area contributed by atoms with E-state index in [9.17, 15) is 18.0 Å². The van der Waals surface area contributed by atoms with Gasteiger partial charge in [0.15, 0.2) is 0 Å². The van der Waals surface area contributed by atoms with Crippen LogP contribution in [0.25, 0.3) is 0 Å². The molecule has 2 fully saturated rings. The van der Waals surface area contributed by atoms with Crippen LogP contribution in [0.1, 0.15) is 27.2 Å². The lowest BCUT2D eigenvalue weighted by atomic mass is 10.2. The van der Waals surface area contributed by atoms with Crippen LogP contribution in [0.5, 0.6) is 0 Å². The molecule has 2 saturated heterocycles. The number of amides is 2. The number of benzene rings is 1. The Balaban J connectivity index is 1.59. The van der Waals surface area contributed by atoms with E-state index in [1.807, 2.05) is 32.9 Å². The SMILES string of the molecule is CC(C)(C)OC(=O)N1CCN(c2ccc(N3CC(S(N)(=O)=O)CC3=O)cc2)CC1. The highest BCUT2D eigenvalue weighted by molar-refractivity contribution is 7.89. The zero-order valence-electron chi connectivity index (χ0n) is 17.0. The molecule has 9 nitrogen and oxygen atoms in total. The summed E-state index contributed by atoms with van der Waals surface area (Å²) in [7, 11) is -3.74. The predicted molar refractivity (Wildman–Crippen MR) is 110 cm³/mol. The fourth-order valence-electron chi connectivity index (χ4n) is 3.46. The molecule has 2 N–H and O–H groups in total. The molecular weight excluding hydrogens is 396 g/mol. The molecule has 0 aromatic heterocycles. The highest BCUT2D eigenvalue weighted by Crippen LogP contribution is 2.27. The van der Waals surface area contributed by atoms with Crippen molar-refractivity contribution in [2.45, 2.75) is 38.0 Å². The van der Waals surface area contributed by atoms with Gasteiger partial charge in [-0.1, -0.05) is 0 Å². The van der Waals surface area contributed by atoms with Crippen LogP contribution in [0.15, 0.2) is 24.3 Å². The van der Waals surface area contributed by atoms with Gasteiger partial charge < -0.3 is 19.4 Å². The summed E-state index contributed by atoms with van der Waals surface area (Å²) in [5.41, 5.74) is 1.11. The van der Waals surface area contributed by atoms with Crippen LogP contribution in [0.4, 0.5) is 16.2 Å². The van der Waals surface area contributed by atoms with Crippen molar-refractivity contribution in [2.75, 3.05) is 42.5 Å². The van der Waals surface area contributed by atoms with Gasteiger partial charge in [-0.25, -0.2) is 18.4 Å². The highest BCUT2D eigenvalue weighted by atomic mass is 32.2. The number of anilines is 2. The number of carbonyl (C=O) groups excluding carboxylic acids is 2. The lowest BCUT2D eigenvalue weighted by Crippen LogP contribution is -2.50. The van der Waals surface area contributed by atoms with E-state index >= 15 is 0 Å². The summed E-state index contributed by atoms with van der Waals surface area (Å²) in [4.78, 5) is 29.7. The minimum absolute atomic E-state index is 0.0750. The van der Waals surface area contributed by atoms with Crippen molar-refractivity contribution in [3.63, 3.8) is 0 Å². The first-order valence-electron chi connectivity index (χ1n) is 9.59. The van der Waals surface area contributed by atoms with E-state index < -0.39 is 20.9 Å². The quantitative estimate of drug-likeness (QED) is 0.778. The largest absolute Gasteiger partial charge is 0.444 e. The van der Waals surface area contributed by atoms with E-state index in [1.165, 1.54) is 4.90 Å². The molecular formula is C19H28N4O5S. The van der Waals surface area contributed by atoms with Crippen molar-refractivity contribution < 1.29 is 22.7 Å². The third-order valence-corrected chi connectivity index (χ3v) is 6.26. The van der Waals surface area contributed by atoms with Crippen LogP contribution in [0, 0.1) is 0 Å². The van der Waals surface area contributed by atoms with Crippen LogP contribution in [0.2, 0.25) is 0 Å². The van der Waals surface area contributed by atoms with E-state index in [2.05, 4.69) is 4.90 Å². The molecule has 2 heterocycles. The number of carbonyl (C=O) groups is 2. The number of piperazine rings is 1. The first-order chi connectivity index (χ1) is 13.4. The molecule has 1 atom stereocenters. The standard InChI is InChI=1S/C19H28N4O5S/c1-19(2,3)28-18(25)22-10-8-21(9-11-22)14-4-6-15(7-5-14)23-13-16(12-17(23)24)29(20,26)27/h4-7,16H,8-13H2,1-3H3,(H2,20,26,27). The maximum absolute atomic E-state index is 12.2. The van der Waals surface area contributed by atoms with E-state index in [0.29, 0.717) is 31.9 Å². The molecule has 29 heavy (non-hydrogen) atoms. The predicted octanol–water partition coefficient (Wildman–Crippen LogP) is 1.14. The van der Waals surface area contributed by atoms with Crippen molar-refractivity contribution in [3.05, 3.63) is 24.3 Å². The lowest BCUT2D eigenvalue weighted by Gasteiger charge is -2.36. The summed E-state index contributed by atoms with van der Waals surface area (Å²) >= 11 is 0. The van der Waals surface area contributed by atoms with Crippen molar-refractivity contribution in [3.8, 4) is 0 Å². The van der Waals surface area contributed by atoms with Crippen molar-refractivity contribution in [1.82, 2.24) is 4.90 Å². The minimum Gasteiger partial charge on any atom is -0.444 e. The Bertz CT molecular complexity index is 871. The second kappa shape index (κ2) is 7.83. The maximum Gasteiger partial charge on any atom is 0.410 e. The number of hydrogen-bond donors (Lipinski definition) is 1. The van der Waals surface area contributed by atoms with Crippen molar-refractivity contribution >= 4 is 33.4 Å². The van der Waals surface area contributed by atoms with Gasteiger partial charge in [-0.05, 0) is 45.0 Å². The fraction of sp³-hybridized carbons (Fsp3) is 0.579. The van der Waals surface area contributed by atoms with Gasteiger partial charge in [0.2, 0.25) is 15.9 Å². The Morgan fingerprint density at radius 1 is 1.07 bits per heavy atom. The van der Waals surface area contributed by atoms with E-state index in [1.54, 1.807) is 17.0 Å². The summed E-state index contributed by atoms with van der Waals surface area (Å²) < 4.78 is 28.5. The molecule has 3 rings (SSSR count). The fourth-order valence-corrected chi connectivity index (χ4v) is 4.19. The molecule has 0 saturated carbocycles. The minimum atomic E-state index is -3.74. The number of hydrogen-bond acceptors (Lipinski definition) is 6. The van der Waals surface area contributed by atoms with Gasteiger partial charge >= 0.3 is 6.09 Å². The zero-order chi connectivity index (χ0) is 21.4. The monoisotopic (exact) mass is 424 g/mol. The highest BCUT2D eigenvalue weighted by Gasteiger charge is 2.37. The van der Waals surface area contributed by atoms with Gasteiger partial charge in [-0.2, -0.15) is 0 Å². The summed E-state index contributed by atoms with van der Waals surface area (Å²) in [6.07, 6.45) is -0.392. The Morgan fingerprint density at radius 2 is 1.62 bits per heavy atom. The molecule has 160 valence electrons. The van der Waals surface area contributed by atoms with Gasteiger partial charge in [0.1, 0.15) is 10.9 Å². The number of sulfonamides is 1. The summed E-state index contributed by atoms with van der Waals surface area (Å²) in [5.74, 6) is -0.247. The summed E-state index contributed by atoms with van der Waals surface area (Å²) in [6.45, 7) is 8.10. The molecule has 0 aliphatic carbocycles. The van der Waals surface area contributed by atoms with Crippen LogP contribution in [0.3, 0.4) is 0 Å². The molecule has 2 amide bonds. The van der Waals surface area contributed by atoms with Crippen LogP contribution >= 0.6 is 0 Å². The van der Waals surface area contributed by atoms with Gasteiger partial charge in [-0.15, -0.1) is 0 Å². The molecule has 0 bridgehead atoms. The van der Waals surface area contributed by atoms with Gasteiger partial charge in [0.25, 0.3) is 0 Å². The number of nitrogens with zero attached hydrogens (tertiary/aromatic N) is 3.